The smallest absolute Gasteiger partial charge is 0.252 e. The Hall–Kier alpha value is -3.59. The molecule has 2 amide bonds. The minimum Gasteiger partial charge on any atom is -0.493 e. The Bertz CT molecular complexity index is 1090. The second kappa shape index (κ2) is 9.05. The Labute approximate surface area is 179 Å². The maximum absolute atomic E-state index is 12.2. The maximum Gasteiger partial charge on any atom is 0.252 e. The summed E-state index contributed by atoms with van der Waals surface area (Å²) in [5.74, 6) is 0.993. The first kappa shape index (κ1) is 20.7. The molecule has 1 aromatic heterocycles. The molecule has 0 spiro atoms. The van der Waals surface area contributed by atoms with Crippen LogP contribution in [0.3, 0.4) is 0 Å². The van der Waals surface area contributed by atoms with Crippen molar-refractivity contribution in [3.8, 4) is 17.2 Å². The van der Waals surface area contributed by atoms with Crippen LogP contribution in [0.15, 0.2) is 42.6 Å². The topological polar surface area (TPSA) is 109 Å². The summed E-state index contributed by atoms with van der Waals surface area (Å²) in [6.45, 7) is 2.71. The molecule has 1 saturated heterocycles. The third-order valence-corrected chi connectivity index (χ3v) is 5.11. The van der Waals surface area contributed by atoms with Crippen molar-refractivity contribution < 1.29 is 23.8 Å². The van der Waals surface area contributed by atoms with Crippen LogP contribution in [-0.2, 0) is 16.6 Å². The third kappa shape index (κ3) is 4.77. The summed E-state index contributed by atoms with van der Waals surface area (Å²) >= 11 is 0. The van der Waals surface area contributed by atoms with Gasteiger partial charge in [-0.3, -0.25) is 14.3 Å². The molecule has 4 rings (SSSR count). The number of carbonyl (C=O) groups excluding carboxylic acids is 2. The fourth-order valence-electron chi connectivity index (χ4n) is 3.42. The lowest BCUT2D eigenvalue weighted by molar-refractivity contribution is -0.135. The summed E-state index contributed by atoms with van der Waals surface area (Å²) in [5, 5.41) is 4.99. The predicted molar refractivity (Wildman–Crippen MR) is 113 cm³/mol. The van der Waals surface area contributed by atoms with Crippen molar-refractivity contribution in [2.45, 2.75) is 6.42 Å². The van der Waals surface area contributed by atoms with Gasteiger partial charge in [0.05, 0.1) is 43.5 Å². The zero-order chi connectivity index (χ0) is 21.8. The van der Waals surface area contributed by atoms with Crippen molar-refractivity contribution in [3.05, 3.63) is 48.2 Å². The predicted octanol–water partition coefficient (Wildman–Crippen LogP) is 2.09. The van der Waals surface area contributed by atoms with E-state index < -0.39 is 5.91 Å². The molecule has 1 aliphatic heterocycles. The lowest BCUT2D eigenvalue weighted by Crippen LogP contribution is -2.41. The number of primary amides is 1. The van der Waals surface area contributed by atoms with Gasteiger partial charge in [-0.1, -0.05) is 0 Å². The molecule has 0 saturated carbocycles. The van der Waals surface area contributed by atoms with Gasteiger partial charge >= 0.3 is 0 Å². The molecule has 0 radical (unpaired) electrons. The van der Waals surface area contributed by atoms with Gasteiger partial charge in [0.25, 0.3) is 5.91 Å². The monoisotopic (exact) mass is 424 g/mol. The van der Waals surface area contributed by atoms with Crippen molar-refractivity contribution in [3.63, 3.8) is 0 Å². The molecule has 0 bridgehead atoms. The molecule has 2 aromatic carbocycles. The Morgan fingerprint density at radius 3 is 2.55 bits per heavy atom. The van der Waals surface area contributed by atoms with E-state index in [1.54, 1.807) is 52.2 Å². The summed E-state index contributed by atoms with van der Waals surface area (Å²) in [5.41, 5.74) is 6.62. The summed E-state index contributed by atoms with van der Waals surface area (Å²) in [6.07, 6.45) is 1.98. The maximum atomic E-state index is 12.2. The van der Waals surface area contributed by atoms with Gasteiger partial charge in [0.15, 0.2) is 0 Å². The second-order valence-electron chi connectivity index (χ2n) is 7.20. The van der Waals surface area contributed by atoms with Gasteiger partial charge in [0, 0.05) is 31.6 Å². The normalized spacial score (nSPS) is 13.9. The number of nitrogens with zero attached hydrogens (tertiary/aromatic N) is 3. The minimum absolute atomic E-state index is 0.0628. The van der Waals surface area contributed by atoms with Gasteiger partial charge in [-0.2, -0.15) is 5.10 Å². The number of hydrogen-bond donors (Lipinski definition) is 1. The van der Waals surface area contributed by atoms with E-state index in [2.05, 4.69) is 5.10 Å². The first-order valence-corrected chi connectivity index (χ1v) is 10.0. The molecule has 162 valence electrons. The number of fused-ring (bicyclic) bond motifs is 1. The highest BCUT2D eigenvalue weighted by Crippen LogP contribution is 2.30. The Balaban J connectivity index is 1.38. The van der Waals surface area contributed by atoms with E-state index in [0.717, 1.165) is 10.9 Å². The zero-order valence-electron chi connectivity index (χ0n) is 17.2. The lowest BCUT2D eigenvalue weighted by Gasteiger charge is -2.26. The number of hydrogen-bond acceptors (Lipinski definition) is 6. The fraction of sp³-hybridized carbons (Fsp3) is 0.318. The van der Waals surface area contributed by atoms with E-state index in [-0.39, 0.29) is 11.5 Å². The third-order valence-electron chi connectivity index (χ3n) is 5.11. The Morgan fingerprint density at radius 2 is 1.84 bits per heavy atom. The standard InChI is InChI=1S/C22H24N4O5/c1-25-19-13-20(18(22(23)28)12-15(19)14-24-25)31-17-4-2-16(3-5-17)30-9-6-21(27)26-7-10-29-11-8-26/h2-5,12-14H,6-11H2,1H3,(H2,23,28). The van der Waals surface area contributed by atoms with Gasteiger partial charge in [-0.15, -0.1) is 0 Å². The largest absolute Gasteiger partial charge is 0.493 e. The highest BCUT2D eigenvalue weighted by Gasteiger charge is 2.17. The number of carbonyl (C=O) groups is 2. The van der Waals surface area contributed by atoms with E-state index in [4.69, 9.17) is 19.9 Å². The first-order chi connectivity index (χ1) is 15.0. The molecule has 9 nitrogen and oxygen atoms in total. The SMILES string of the molecule is Cn1ncc2cc(C(N)=O)c(Oc3ccc(OCCC(=O)N4CCOCC4)cc3)cc21. The van der Waals surface area contributed by atoms with Crippen LogP contribution in [0.4, 0.5) is 0 Å². The van der Waals surface area contributed by atoms with Crippen LogP contribution in [0, 0.1) is 0 Å². The Morgan fingerprint density at radius 1 is 1.13 bits per heavy atom. The number of amides is 2. The van der Waals surface area contributed by atoms with Crippen LogP contribution in [0.2, 0.25) is 0 Å². The molecule has 2 heterocycles. The summed E-state index contributed by atoms with van der Waals surface area (Å²) in [7, 11) is 1.81. The Kier molecular flexibility index (Phi) is 6.03. The van der Waals surface area contributed by atoms with Gasteiger partial charge in [-0.25, -0.2) is 0 Å². The van der Waals surface area contributed by atoms with Crippen molar-refractivity contribution in [2.75, 3.05) is 32.9 Å². The van der Waals surface area contributed by atoms with E-state index in [1.807, 2.05) is 7.05 Å². The fourth-order valence-corrected chi connectivity index (χ4v) is 3.42. The zero-order valence-corrected chi connectivity index (χ0v) is 17.2. The molecule has 0 aliphatic carbocycles. The summed E-state index contributed by atoms with van der Waals surface area (Å²) < 4.78 is 18.5. The number of nitrogens with two attached hydrogens (primary N) is 1. The molecule has 0 unspecified atom stereocenters. The number of ether oxygens (including phenoxy) is 3. The van der Waals surface area contributed by atoms with Gasteiger partial charge < -0.3 is 24.8 Å². The van der Waals surface area contributed by atoms with Crippen molar-refractivity contribution in [1.29, 1.82) is 0 Å². The number of aromatic nitrogens is 2. The first-order valence-electron chi connectivity index (χ1n) is 10.0. The molecule has 3 aromatic rings. The molecular formula is C22H24N4O5. The lowest BCUT2D eigenvalue weighted by atomic mass is 10.1. The molecular weight excluding hydrogens is 400 g/mol. The number of aryl methyl sites for hydroxylation is 1. The van der Waals surface area contributed by atoms with E-state index in [1.165, 1.54) is 0 Å². The highest BCUT2D eigenvalue weighted by atomic mass is 16.5. The molecule has 31 heavy (non-hydrogen) atoms. The quantitative estimate of drug-likeness (QED) is 0.622. The number of rotatable bonds is 7. The summed E-state index contributed by atoms with van der Waals surface area (Å²) in [6, 6.07) is 10.4. The average molecular weight is 424 g/mol. The van der Waals surface area contributed by atoms with Crippen molar-refractivity contribution in [1.82, 2.24) is 14.7 Å². The van der Waals surface area contributed by atoms with Gasteiger partial charge in [-0.05, 0) is 30.3 Å². The number of morpholine rings is 1. The van der Waals surface area contributed by atoms with Crippen LogP contribution in [0.25, 0.3) is 10.9 Å². The van der Waals surface area contributed by atoms with E-state index in [0.29, 0.717) is 56.6 Å². The minimum atomic E-state index is -0.578. The van der Waals surface area contributed by atoms with E-state index >= 15 is 0 Å². The second-order valence-corrected chi connectivity index (χ2v) is 7.20. The molecule has 1 aliphatic rings. The van der Waals surface area contributed by atoms with Crippen LogP contribution in [0.5, 0.6) is 17.2 Å². The van der Waals surface area contributed by atoms with Crippen LogP contribution in [0.1, 0.15) is 16.8 Å². The molecule has 1 fully saturated rings. The molecule has 0 atom stereocenters. The van der Waals surface area contributed by atoms with Crippen molar-refractivity contribution in [2.24, 2.45) is 12.8 Å². The van der Waals surface area contributed by atoms with Crippen LogP contribution >= 0.6 is 0 Å². The molecule has 9 heteroatoms. The van der Waals surface area contributed by atoms with Crippen LogP contribution < -0.4 is 15.2 Å². The van der Waals surface area contributed by atoms with E-state index in [9.17, 15) is 9.59 Å². The van der Waals surface area contributed by atoms with Crippen molar-refractivity contribution >= 4 is 22.7 Å². The molecule has 2 N–H and O–H groups in total. The van der Waals surface area contributed by atoms with Crippen LogP contribution in [-0.4, -0.2) is 59.4 Å². The average Bonchev–Trinajstić information content (AvgIpc) is 3.14. The van der Waals surface area contributed by atoms with Gasteiger partial charge in [0.2, 0.25) is 5.91 Å². The highest BCUT2D eigenvalue weighted by molar-refractivity contribution is 6.00. The number of benzene rings is 2. The van der Waals surface area contributed by atoms with Gasteiger partial charge in [0.1, 0.15) is 17.2 Å². The summed E-state index contributed by atoms with van der Waals surface area (Å²) in [4.78, 5) is 25.8.